The Morgan fingerprint density at radius 1 is 1.17 bits per heavy atom. The van der Waals surface area contributed by atoms with Gasteiger partial charge in [0.25, 0.3) is 0 Å². The summed E-state index contributed by atoms with van der Waals surface area (Å²) in [4.78, 5) is 15.9. The van der Waals surface area contributed by atoms with Crippen LogP contribution in [0.2, 0.25) is 0 Å². The van der Waals surface area contributed by atoms with Gasteiger partial charge in [0.1, 0.15) is 0 Å². The molecule has 0 amide bonds. The van der Waals surface area contributed by atoms with Crippen molar-refractivity contribution in [3.05, 3.63) is 52.1 Å². The maximum atomic E-state index is 12.1. The number of thiophene rings is 2. The molecule has 5 heteroatoms. The Balaban J connectivity index is 2.03. The van der Waals surface area contributed by atoms with Crippen molar-refractivity contribution in [2.45, 2.75) is 20.8 Å². The Labute approximate surface area is 145 Å². The van der Waals surface area contributed by atoms with Crippen LogP contribution in [0.25, 0.3) is 19.9 Å². The second-order valence-corrected chi connectivity index (χ2v) is 8.34. The largest absolute Gasteiger partial charge is 0.462 e. The molecule has 0 saturated heterocycles. The Morgan fingerprint density at radius 2 is 1.96 bits per heavy atom. The number of hydrogen-bond acceptors (Lipinski definition) is 4. The van der Waals surface area contributed by atoms with Gasteiger partial charge in [0.15, 0.2) is 0 Å². The van der Waals surface area contributed by atoms with E-state index in [1.165, 1.54) is 25.5 Å². The number of ether oxygens (including phenoxy) is 1. The van der Waals surface area contributed by atoms with Crippen LogP contribution in [0.3, 0.4) is 0 Å². The quantitative estimate of drug-likeness (QED) is 0.495. The van der Waals surface area contributed by atoms with E-state index in [-0.39, 0.29) is 5.97 Å². The van der Waals surface area contributed by atoms with Gasteiger partial charge in [0, 0.05) is 19.9 Å². The van der Waals surface area contributed by atoms with E-state index in [1.807, 2.05) is 13.0 Å². The maximum absolute atomic E-state index is 12.1. The number of carbonyl (C=O) groups excluding carboxylic acids is 1. The van der Waals surface area contributed by atoms with E-state index >= 15 is 0 Å². The minimum absolute atomic E-state index is 0.214. The van der Waals surface area contributed by atoms with Crippen molar-refractivity contribution in [1.29, 1.82) is 0 Å². The van der Waals surface area contributed by atoms with Crippen LogP contribution in [0.5, 0.6) is 0 Å². The van der Waals surface area contributed by atoms with Crippen molar-refractivity contribution < 1.29 is 9.53 Å². The van der Waals surface area contributed by atoms with Gasteiger partial charge in [0.05, 0.1) is 11.9 Å². The molecule has 0 fully saturated rings. The molecule has 0 aromatic carbocycles. The predicted octanol–water partition coefficient (Wildman–Crippen LogP) is 6.52. The van der Waals surface area contributed by atoms with Crippen LogP contribution in [-0.2, 0) is 4.74 Å². The smallest absolute Gasteiger partial charge is 0.342 e. The molecule has 118 valence electrons. The van der Waals surface area contributed by atoms with Crippen LogP contribution in [0.15, 0.2) is 35.7 Å². The molecule has 3 aromatic rings. The van der Waals surface area contributed by atoms with Gasteiger partial charge in [-0.15, -0.1) is 22.7 Å². The summed E-state index contributed by atoms with van der Waals surface area (Å²) < 4.78 is 5.17. The average molecular weight is 360 g/mol. The van der Waals surface area contributed by atoms with E-state index in [0.29, 0.717) is 6.61 Å². The van der Waals surface area contributed by atoms with Crippen LogP contribution >= 0.6 is 30.9 Å². The molecule has 0 atom stereocenters. The summed E-state index contributed by atoms with van der Waals surface area (Å²) in [6, 6.07) is 10.5. The van der Waals surface area contributed by atoms with Gasteiger partial charge in [0.2, 0.25) is 0 Å². The molecule has 0 radical (unpaired) electrons. The SMILES string of the molecule is CCOC(=O)c1cc(C)c(C)c(-c2ccc(-c3cccs3)s2)p1. The lowest BCUT2D eigenvalue weighted by atomic mass is 10.1. The van der Waals surface area contributed by atoms with Gasteiger partial charge in [-0.3, -0.25) is 0 Å². The van der Waals surface area contributed by atoms with Gasteiger partial charge in [-0.1, -0.05) is 14.3 Å². The summed E-state index contributed by atoms with van der Waals surface area (Å²) in [5.74, 6) is -0.214. The molecule has 3 aromatic heterocycles. The second kappa shape index (κ2) is 6.96. The number of esters is 1. The standard InChI is InChI=1S/C18H17O2PS2/c1-4-20-18(19)13-10-11(2)12(3)17(21-13)16-8-7-15(23-16)14-6-5-9-22-14/h5-10H,4H2,1-3H3. The van der Waals surface area contributed by atoms with Crippen LogP contribution in [0.4, 0.5) is 0 Å². The summed E-state index contributed by atoms with van der Waals surface area (Å²) in [5.41, 5.74) is 2.38. The molecule has 0 bridgehead atoms. The van der Waals surface area contributed by atoms with E-state index in [0.717, 1.165) is 19.1 Å². The predicted molar refractivity (Wildman–Crippen MR) is 101 cm³/mol. The lowest BCUT2D eigenvalue weighted by molar-refractivity contribution is 0.0532. The summed E-state index contributed by atoms with van der Waals surface area (Å²) in [6.07, 6.45) is 0. The number of aryl methyl sites for hydroxylation is 1. The first-order valence-corrected chi connectivity index (χ1v) is 9.98. The van der Waals surface area contributed by atoms with E-state index in [4.69, 9.17) is 4.74 Å². The van der Waals surface area contributed by atoms with Crippen LogP contribution in [-0.4, -0.2) is 12.6 Å². The summed E-state index contributed by atoms with van der Waals surface area (Å²) >= 11 is 3.53. The monoisotopic (exact) mass is 360 g/mol. The van der Waals surface area contributed by atoms with Crippen LogP contribution in [0.1, 0.15) is 28.1 Å². The molecule has 0 aliphatic carbocycles. The molecule has 2 nitrogen and oxygen atoms in total. The third-order valence-electron chi connectivity index (χ3n) is 3.62. The van der Waals surface area contributed by atoms with Crippen LogP contribution in [0, 0.1) is 13.8 Å². The Bertz CT molecular complexity index is 835. The second-order valence-electron chi connectivity index (χ2n) is 5.16. The minimum Gasteiger partial charge on any atom is -0.462 e. The fourth-order valence-corrected chi connectivity index (χ4v) is 5.60. The molecule has 0 unspecified atom stereocenters. The normalized spacial score (nSPS) is 11.1. The summed E-state index contributed by atoms with van der Waals surface area (Å²) in [6.45, 7) is 6.42. The van der Waals surface area contributed by atoms with Crippen molar-refractivity contribution in [3.8, 4) is 19.9 Å². The molecule has 3 rings (SSSR count). The van der Waals surface area contributed by atoms with E-state index < -0.39 is 0 Å². The molecule has 0 spiro atoms. The summed E-state index contributed by atoms with van der Waals surface area (Å²) in [7, 11) is 0.935. The van der Waals surface area contributed by atoms with Crippen molar-refractivity contribution in [1.82, 2.24) is 0 Å². The first-order valence-electron chi connectivity index (χ1n) is 7.39. The van der Waals surface area contributed by atoms with Crippen molar-refractivity contribution in [2.75, 3.05) is 6.61 Å². The van der Waals surface area contributed by atoms with Crippen LogP contribution < -0.4 is 0 Å². The fraction of sp³-hybridized carbons (Fsp3) is 0.222. The Hall–Kier alpha value is -1.48. The van der Waals surface area contributed by atoms with Gasteiger partial charge < -0.3 is 4.74 Å². The van der Waals surface area contributed by atoms with Crippen molar-refractivity contribution >= 4 is 36.8 Å². The van der Waals surface area contributed by atoms with Crippen molar-refractivity contribution in [3.63, 3.8) is 0 Å². The van der Waals surface area contributed by atoms with E-state index in [2.05, 4.69) is 43.5 Å². The van der Waals surface area contributed by atoms with E-state index in [9.17, 15) is 4.79 Å². The number of hydrogen-bond donors (Lipinski definition) is 0. The van der Waals surface area contributed by atoms with Gasteiger partial charge in [-0.05, 0) is 61.5 Å². The summed E-state index contributed by atoms with van der Waals surface area (Å²) in [5, 5.41) is 4.02. The zero-order chi connectivity index (χ0) is 16.4. The first kappa shape index (κ1) is 16.4. The highest BCUT2D eigenvalue weighted by Crippen LogP contribution is 2.42. The molecule has 0 aliphatic rings. The topological polar surface area (TPSA) is 26.3 Å². The zero-order valence-corrected chi connectivity index (χ0v) is 15.8. The lowest BCUT2D eigenvalue weighted by Crippen LogP contribution is -2.03. The molecule has 0 N–H and O–H groups in total. The Morgan fingerprint density at radius 3 is 2.65 bits per heavy atom. The average Bonchev–Trinajstić information content (AvgIpc) is 3.20. The van der Waals surface area contributed by atoms with E-state index in [1.54, 1.807) is 22.7 Å². The van der Waals surface area contributed by atoms with Gasteiger partial charge >= 0.3 is 5.97 Å². The zero-order valence-electron chi connectivity index (χ0n) is 13.3. The molecular weight excluding hydrogens is 343 g/mol. The first-order chi connectivity index (χ1) is 11.1. The highest BCUT2D eigenvalue weighted by molar-refractivity contribution is 7.38. The molecule has 23 heavy (non-hydrogen) atoms. The fourth-order valence-electron chi connectivity index (χ4n) is 2.30. The van der Waals surface area contributed by atoms with Gasteiger partial charge in [-0.2, -0.15) is 0 Å². The number of rotatable bonds is 4. The molecule has 3 heterocycles. The third kappa shape index (κ3) is 3.40. The highest BCUT2D eigenvalue weighted by atomic mass is 32.1. The van der Waals surface area contributed by atoms with Crippen molar-refractivity contribution in [2.24, 2.45) is 0 Å². The molecule has 0 saturated carbocycles. The molecule has 0 aliphatic heterocycles. The minimum atomic E-state index is -0.214. The maximum Gasteiger partial charge on any atom is 0.342 e. The lowest BCUT2D eigenvalue weighted by Gasteiger charge is -2.10. The third-order valence-corrected chi connectivity index (χ3v) is 7.29. The Kier molecular flexibility index (Phi) is 4.96. The number of carbonyl (C=O) groups is 1. The van der Waals surface area contributed by atoms with Gasteiger partial charge in [-0.25, -0.2) is 4.79 Å². The highest BCUT2D eigenvalue weighted by Gasteiger charge is 2.15. The molecular formula is C18H17O2PS2.